The van der Waals surface area contributed by atoms with Crippen LogP contribution in [0.4, 0.5) is 19.3 Å². The highest BCUT2D eigenvalue weighted by Gasteiger charge is 2.38. The summed E-state index contributed by atoms with van der Waals surface area (Å²) in [6.45, 7) is 0.500. The summed E-state index contributed by atoms with van der Waals surface area (Å²) >= 11 is 0. The minimum Gasteiger partial charge on any atom is -0.435 e. The number of hydrogen-bond acceptors (Lipinski definition) is 4. The Bertz CT molecular complexity index is 649. The first kappa shape index (κ1) is 18.6. The van der Waals surface area contributed by atoms with Crippen molar-refractivity contribution in [1.29, 1.82) is 0 Å². The van der Waals surface area contributed by atoms with Gasteiger partial charge in [0.15, 0.2) is 0 Å². The number of urea groups is 1. The zero-order valence-electron chi connectivity index (χ0n) is 13.8. The molecule has 1 aromatic carbocycles. The SMILES string of the molecule is CC(C)C[C@@H]1NC(=O)N(CC(=O)Nc2ccc(OC(F)F)cc2)C1=O. The molecule has 136 valence electrons. The van der Waals surface area contributed by atoms with Crippen molar-refractivity contribution in [2.24, 2.45) is 5.92 Å². The Balaban J connectivity index is 1.91. The zero-order chi connectivity index (χ0) is 18.6. The molecule has 0 aliphatic carbocycles. The van der Waals surface area contributed by atoms with Crippen molar-refractivity contribution in [3.05, 3.63) is 24.3 Å². The number of rotatable bonds is 7. The summed E-state index contributed by atoms with van der Waals surface area (Å²) in [4.78, 5) is 36.9. The first-order valence-electron chi connectivity index (χ1n) is 7.73. The van der Waals surface area contributed by atoms with Crippen molar-refractivity contribution in [3.63, 3.8) is 0 Å². The molecule has 0 radical (unpaired) electrons. The number of carbonyl (C=O) groups is 3. The van der Waals surface area contributed by atoms with E-state index in [-0.39, 0.29) is 11.7 Å². The molecule has 4 amide bonds. The lowest BCUT2D eigenvalue weighted by Gasteiger charge is -2.14. The van der Waals surface area contributed by atoms with Crippen molar-refractivity contribution in [1.82, 2.24) is 10.2 Å². The van der Waals surface area contributed by atoms with E-state index in [1.54, 1.807) is 0 Å². The number of anilines is 1. The van der Waals surface area contributed by atoms with Gasteiger partial charge in [0, 0.05) is 5.69 Å². The Labute approximate surface area is 143 Å². The van der Waals surface area contributed by atoms with E-state index in [0.29, 0.717) is 12.1 Å². The molecule has 25 heavy (non-hydrogen) atoms. The molecule has 0 unspecified atom stereocenters. The van der Waals surface area contributed by atoms with Crippen LogP contribution < -0.4 is 15.4 Å². The standard InChI is InChI=1S/C16H19F2N3O4/c1-9(2)7-12-14(23)21(16(24)20-12)8-13(22)19-10-3-5-11(6-4-10)25-15(17)18/h3-6,9,12,15H,7-8H2,1-2H3,(H,19,22)(H,20,24)/t12-/m0/s1. The van der Waals surface area contributed by atoms with Gasteiger partial charge in [-0.05, 0) is 36.6 Å². The van der Waals surface area contributed by atoms with E-state index >= 15 is 0 Å². The van der Waals surface area contributed by atoms with Gasteiger partial charge in [0.1, 0.15) is 18.3 Å². The predicted molar refractivity (Wildman–Crippen MR) is 85.2 cm³/mol. The van der Waals surface area contributed by atoms with Crippen molar-refractivity contribution in [3.8, 4) is 5.75 Å². The molecule has 2 N–H and O–H groups in total. The van der Waals surface area contributed by atoms with Crippen molar-refractivity contribution in [2.45, 2.75) is 32.9 Å². The summed E-state index contributed by atoms with van der Waals surface area (Å²) in [6.07, 6.45) is 0.494. The monoisotopic (exact) mass is 355 g/mol. The normalized spacial score (nSPS) is 17.2. The number of benzene rings is 1. The van der Waals surface area contributed by atoms with Gasteiger partial charge in [-0.15, -0.1) is 0 Å². The van der Waals surface area contributed by atoms with Gasteiger partial charge in [-0.3, -0.25) is 14.5 Å². The molecule has 0 spiro atoms. The summed E-state index contributed by atoms with van der Waals surface area (Å²) in [5, 5.41) is 5.04. The quantitative estimate of drug-likeness (QED) is 0.734. The van der Waals surface area contributed by atoms with Gasteiger partial charge >= 0.3 is 12.6 Å². The van der Waals surface area contributed by atoms with E-state index in [4.69, 9.17) is 0 Å². The van der Waals surface area contributed by atoms with Crippen LogP contribution in [0.1, 0.15) is 20.3 Å². The molecule has 1 saturated heterocycles. The Morgan fingerprint density at radius 3 is 2.48 bits per heavy atom. The molecule has 0 bridgehead atoms. The average molecular weight is 355 g/mol. The van der Waals surface area contributed by atoms with Crippen molar-refractivity contribution < 1.29 is 27.9 Å². The number of imide groups is 1. The molecule has 1 heterocycles. The van der Waals surface area contributed by atoms with Crippen LogP contribution in [0.15, 0.2) is 24.3 Å². The van der Waals surface area contributed by atoms with Crippen LogP contribution in [0.3, 0.4) is 0 Å². The van der Waals surface area contributed by atoms with Crippen LogP contribution in [0.5, 0.6) is 5.75 Å². The summed E-state index contributed by atoms with van der Waals surface area (Å²) < 4.78 is 28.4. The lowest BCUT2D eigenvalue weighted by Crippen LogP contribution is -2.38. The second-order valence-corrected chi connectivity index (χ2v) is 6.01. The molecule has 0 aromatic heterocycles. The van der Waals surface area contributed by atoms with E-state index in [1.165, 1.54) is 24.3 Å². The predicted octanol–water partition coefficient (Wildman–Crippen LogP) is 2.19. The molecular weight excluding hydrogens is 336 g/mol. The molecule has 1 fully saturated rings. The lowest BCUT2D eigenvalue weighted by molar-refractivity contribution is -0.131. The maximum absolute atomic E-state index is 12.2. The zero-order valence-corrected chi connectivity index (χ0v) is 13.8. The van der Waals surface area contributed by atoms with E-state index in [9.17, 15) is 23.2 Å². The van der Waals surface area contributed by atoms with Gasteiger partial charge in [-0.1, -0.05) is 13.8 Å². The Morgan fingerprint density at radius 1 is 1.28 bits per heavy atom. The Kier molecular flexibility index (Phi) is 5.89. The number of halogens is 2. The molecule has 2 rings (SSSR count). The number of alkyl halides is 2. The van der Waals surface area contributed by atoms with Gasteiger partial charge in [-0.25, -0.2) is 4.79 Å². The third kappa shape index (κ3) is 5.13. The fraction of sp³-hybridized carbons (Fsp3) is 0.438. The van der Waals surface area contributed by atoms with E-state index in [1.807, 2.05) is 13.8 Å². The summed E-state index contributed by atoms with van der Waals surface area (Å²) in [6, 6.07) is 4.08. The largest absolute Gasteiger partial charge is 0.435 e. The van der Waals surface area contributed by atoms with Crippen LogP contribution in [-0.4, -0.2) is 41.9 Å². The van der Waals surface area contributed by atoms with Gasteiger partial charge in [0.25, 0.3) is 5.91 Å². The van der Waals surface area contributed by atoms with Gasteiger partial charge in [0.2, 0.25) is 5.91 Å². The van der Waals surface area contributed by atoms with E-state index in [0.717, 1.165) is 4.90 Å². The minimum atomic E-state index is -2.93. The Hall–Kier alpha value is -2.71. The number of hydrogen-bond donors (Lipinski definition) is 2. The first-order valence-corrected chi connectivity index (χ1v) is 7.73. The average Bonchev–Trinajstić information content (AvgIpc) is 2.75. The topological polar surface area (TPSA) is 87.7 Å². The fourth-order valence-corrected chi connectivity index (χ4v) is 2.42. The second-order valence-electron chi connectivity index (χ2n) is 6.01. The molecule has 7 nitrogen and oxygen atoms in total. The van der Waals surface area contributed by atoms with Gasteiger partial charge in [-0.2, -0.15) is 8.78 Å². The van der Waals surface area contributed by atoms with Crippen LogP contribution in [0.2, 0.25) is 0 Å². The number of nitrogens with one attached hydrogen (secondary N) is 2. The van der Waals surface area contributed by atoms with Crippen LogP contribution >= 0.6 is 0 Å². The van der Waals surface area contributed by atoms with E-state index < -0.39 is 37.0 Å². The first-order chi connectivity index (χ1) is 11.8. The number of carbonyl (C=O) groups excluding carboxylic acids is 3. The smallest absolute Gasteiger partial charge is 0.387 e. The second kappa shape index (κ2) is 7.91. The molecule has 1 aliphatic heterocycles. The highest BCUT2D eigenvalue weighted by Crippen LogP contribution is 2.18. The maximum atomic E-state index is 12.2. The third-order valence-corrected chi connectivity index (χ3v) is 3.48. The van der Waals surface area contributed by atoms with Crippen LogP contribution in [0, 0.1) is 5.92 Å². The molecular formula is C16H19F2N3O4. The Morgan fingerprint density at radius 2 is 1.92 bits per heavy atom. The molecule has 9 heteroatoms. The fourth-order valence-electron chi connectivity index (χ4n) is 2.42. The van der Waals surface area contributed by atoms with Crippen molar-refractivity contribution in [2.75, 3.05) is 11.9 Å². The van der Waals surface area contributed by atoms with Crippen molar-refractivity contribution >= 4 is 23.5 Å². The van der Waals surface area contributed by atoms with Crippen LogP contribution in [-0.2, 0) is 9.59 Å². The number of ether oxygens (including phenoxy) is 1. The molecule has 1 aromatic rings. The number of nitrogens with zero attached hydrogens (tertiary/aromatic N) is 1. The summed E-state index contributed by atoms with van der Waals surface area (Å²) in [7, 11) is 0. The van der Waals surface area contributed by atoms with Crippen LogP contribution in [0.25, 0.3) is 0 Å². The van der Waals surface area contributed by atoms with E-state index in [2.05, 4.69) is 15.4 Å². The van der Waals surface area contributed by atoms with Gasteiger partial charge in [0.05, 0.1) is 0 Å². The third-order valence-electron chi connectivity index (χ3n) is 3.48. The number of amides is 4. The minimum absolute atomic E-state index is 0.0429. The molecule has 0 saturated carbocycles. The highest BCUT2D eigenvalue weighted by atomic mass is 19.3. The maximum Gasteiger partial charge on any atom is 0.387 e. The molecule has 1 aliphatic rings. The summed E-state index contributed by atoms with van der Waals surface area (Å²) in [5.41, 5.74) is 0.331. The molecule has 1 atom stereocenters. The summed E-state index contributed by atoms with van der Waals surface area (Å²) in [5.74, 6) is -0.832. The van der Waals surface area contributed by atoms with Gasteiger partial charge < -0.3 is 15.4 Å². The highest BCUT2D eigenvalue weighted by molar-refractivity contribution is 6.07. The lowest BCUT2D eigenvalue weighted by atomic mass is 10.0.